The van der Waals surface area contributed by atoms with E-state index in [1.54, 1.807) is 14.2 Å². The summed E-state index contributed by atoms with van der Waals surface area (Å²) < 4.78 is 17.4. The van der Waals surface area contributed by atoms with Crippen molar-refractivity contribution < 1.29 is 19.3 Å². The summed E-state index contributed by atoms with van der Waals surface area (Å²) in [4.78, 5) is 7.28. The van der Waals surface area contributed by atoms with Crippen LogP contribution in [0.4, 0.5) is 0 Å². The molecule has 29 heavy (non-hydrogen) atoms. The second kappa shape index (κ2) is 6.90. The molecule has 6 heteroatoms. The molecule has 3 unspecified atom stereocenters. The van der Waals surface area contributed by atoms with Gasteiger partial charge in [-0.3, -0.25) is 4.90 Å². The van der Waals surface area contributed by atoms with E-state index in [0.29, 0.717) is 17.2 Å². The van der Waals surface area contributed by atoms with Crippen molar-refractivity contribution >= 4 is 10.9 Å². The number of benzene rings is 2. The Morgan fingerprint density at radius 2 is 1.79 bits per heavy atom. The van der Waals surface area contributed by atoms with E-state index in [1.807, 2.05) is 48.5 Å². The Labute approximate surface area is 169 Å². The predicted molar refractivity (Wildman–Crippen MR) is 109 cm³/mol. The molecule has 0 saturated carbocycles. The van der Waals surface area contributed by atoms with Crippen molar-refractivity contribution in [3.63, 3.8) is 0 Å². The number of fused-ring (bicyclic) bond motifs is 2. The van der Waals surface area contributed by atoms with Crippen LogP contribution in [-0.2, 0) is 12.3 Å². The highest BCUT2D eigenvalue weighted by atomic mass is 16.5. The lowest BCUT2D eigenvalue weighted by atomic mass is 10.0. The Kier molecular flexibility index (Phi) is 4.33. The number of para-hydroxylation sites is 1. The molecule has 0 bridgehead atoms. The lowest BCUT2D eigenvalue weighted by Crippen LogP contribution is -2.30. The maximum atomic E-state index is 10.1. The Balaban J connectivity index is 1.63. The summed E-state index contributed by atoms with van der Waals surface area (Å²) in [5, 5.41) is 11.1. The van der Waals surface area contributed by atoms with Gasteiger partial charge >= 0.3 is 0 Å². The molecule has 3 atom stereocenters. The molecule has 3 heterocycles. The summed E-state index contributed by atoms with van der Waals surface area (Å²) in [6.45, 7) is 0.866. The van der Waals surface area contributed by atoms with Crippen molar-refractivity contribution in [2.24, 2.45) is 0 Å². The maximum absolute atomic E-state index is 10.1. The highest BCUT2D eigenvalue weighted by Gasteiger charge is 2.70. The molecule has 1 aromatic heterocycles. The van der Waals surface area contributed by atoms with Crippen molar-refractivity contribution in [3.8, 4) is 17.2 Å². The number of aliphatic hydroxyl groups excluding tert-OH is 1. The molecule has 6 nitrogen and oxygen atoms in total. The van der Waals surface area contributed by atoms with E-state index >= 15 is 0 Å². The van der Waals surface area contributed by atoms with Crippen molar-refractivity contribution in [2.75, 3.05) is 20.8 Å². The quantitative estimate of drug-likeness (QED) is 0.649. The van der Waals surface area contributed by atoms with Gasteiger partial charge in [0.1, 0.15) is 22.9 Å². The van der Waals surface area contributed by atoms with Crippen LogP contribution in [0.15, 0.2) is 48.5 Å². The summed E-state index contributed by atoms with van der Waals surface area (Å²) in [6.07, 6.45) is 2.18. The number of piperidine rings is 1. The Morgan fingerprint density at radius 1 is 1.07 bits per heavy atom. The molecular weight excluding hydrogens is 368 g/mol. The van der Waals surface area contributed by atoms with Crippen LogP contribution in [0.1, 0.15) is 24.1 Å². The van der Waals surface area contributed by atoms with E-state index in [2.05, 4.69) is 4.90 Å². The number of aliphatic hydroxyl groups is 1. The van der Waals surface area contributed by atoms with Gasteiger partial charge in [0.2, 0.25) is 5.72 Å². The van der Waals surface area contributed by atoms with Crippen LogP contribution in [0.5, 0.6) is 17.2 Å². The SMILES string of the molecule is COc1cc(OC)cc(OC2(c3nc4ccccc4cc3CO)C3CCCN32)c1. The Morgan fingerprint density at radius 3 is 2.45 bits per heavy atom. The van der Waals surface area contributed by atoms with Crippen molar-refractivity contribution in [2.45, 2.75) is 31.2 Å². The maximum Gasteiger partial charge on any atom is 0.223 e. The first-order chi connectivity index (χ1) is 14.2. The van der Waals surface area contributed by atoms with E-state index in [0.717, 1.165) is 41.5 Å². The van der Waals surface area contributed by atoms with Gasteiger partial charge in [-0.05, 0) is 25.0 Å². The number of aromatic nitrogens is 1. The van der Waals surface area contributed by atoms with E-state index in [1.165, 1.54) is 0 Å². The molecule has 0 spiro atoms. The summed E-state index contributed by atoms with van der Waals surface area (Å²) in [7, 11) is 3.25. The Bertz CT molecular complexity index is 1040. The van der Waals surface area contributed by atoms with Gasteiger partial charge in [0, 0.05) is 35.7 Å². The molecule has 0 radical (unpaired) electrons. The number of pyridine rings is 1. The summed E-state index contributed by atoms with van der Waals surface area (Å²) in [6, 6.07) is 15.8. The third-order valence-electron chi connectivity index (χ3n) is 5.97. The molecule has 2 aliphatic heterocycles. The first kappa shape index (κ1) is 18.2. The second-order valence-electron chi connectivity index (χ2n) is 7.55. The average Bonchev–Trinajstić information content (AvgIpc) is 3.11. The molecule has 0 amide bonds. The average molecular weight is 392 g/mol. The summed E-state index contributed by atoms with van der Waals surface area (Å²) in [5.41, 5.74) is 1.83. The fraction of sp³-hybridized carbons (Fsp3) is 0.348. The van der Waals surface area contributed by atoms with Crippen LogP contribution in [0.2, 0.25) is 0 Å². The van der Waals surface area contributed by atoms with Crippen molar-refractivity contribution in [1.82, 2.24) is 9.88 Å². The fourth-order valence-electron chi connectivity index (χ4n) is 4.59. The normalized spacial score (nSPS) is 24.9. The third kappa shape index (κ3) is 2.82. The van der Waals surface area contributed by atoms with Crippen molar-refractivity contribution in [3.05, 3.63) is 59.8 Å². The minimum absolute atomic E-state index is 0.0831. The zero-order chi connectivity index (χ0) is 20.0. The first-order valence-corrected chi connectivity index (χ1v) is 9.88. The van der Waals surface area contributed by atoms with Gasteiger partial charge in [-0.1, -0.05) is 18.2 Å². The number of hydrogen-bond acceptors (Lipinski definition) is 6. The monoisotopic (exact) mass is 392 g/mol. The lowest BCUT2D eigenvalue weighted by molar-refractivity contribution is 0.0972. The van der Waals surface area contributed by atoms with Gasteiger partial charge < -0.3 is 19.3 Å². The minimum Gasteiger partial charge on any atom is -0.496 e. The number of nitrogens with zero attached hydrogens (tertiary/aromatic N) is 2. The van der Waals surface area contributed by atoms with E-state index in [4.69, 9.17) is 19.2 Å². The molecule has 5 rings (SSSR count). The predicted octanol–water partition coefficient (Wildman–Crippen LogP) is 3.45. The van der Waals surface area contributed by atoms with Crippen LogP contribution >= 0.6 is 0 Å². The van der Waals surface area contributed by atoms with Crippen LogP contribution in [0.3, 0.4) is 0 Å². The van der Waals surface area contributed by atoms with Gasteiger partial charge in [0.25, 0.3) is 0 Å². The molecule has 2 aliphatic rings. The van der Waals surface area contributed by atoms with Gasteiger partial charge in [-0.25, -0.2) is 4.98 Å². The van der Waals surface area contributed by atoms with Crippen LogP contribution in [0, 0.1) is 0 Å². The molecule has 2 aromatic carbocycles. The number of ether oxygens (including phenoxy) is 3. The molecule has 1 N–H and O–H groups in total. The third-order valence-corrected chi connectivity index (χ3v) is 5.97. The van der Waals surface area contributed by atoms with Gasteiger partial charge in [-0.15, -0.1) is 0 Å². The fourth-order valence-corrected chi connectivity index (χ4v) is 4.59. The largest absolute Gasteiger partial charge is 0.496 e. The van der Waals surface area contributed by atoms with Gasteiger partial charge in [-0.2, -0.15) is 0 Å². The number of hydrogen-bond donors (Lipinski definition) is 1. The molecule has 150 valence electrons. The highest BCUT2D eigenvalue weighted by molar-refractivity contribution is 5.79. The first-order valence-electron chi connectivity index (χ1n) is 9.88. The van der Waals surface area contributed by atoms with Crippen LogP contribution in [0.25, 0.3) is 10.9 Å². The molecule has 3 aromatic rings. The number of rotatable bonds is 6. The standard InChI is InChI=1S/C23H24N2O4/c1-27-17-11-18(28-2)13-19(12-17)29-23(21-8-5-9-25(21)23)22-16(14-26)10-15-6-3-4-7-20(15)24-22/h3-4,6-7,10-13,21,26H,5,8-9,14H2,1-2H3. The zero-order valence-electron chi connectivity index (χ0n) is 16.6. The highest BCUT2D eigenvalue weighted by Crippen LogP contribution is 2.57. The molecule has 2 saturated heterocycles. The van der Waals surface area contributed by atoms with Crippen LogP contribution < -0.4 is 14.2 Å². The summed E-state index contributed by atoms with van der Waals surface area (Å²) >= 11 is 0. The van der Waals surface area contributed by atoms with Gasteiger partial charge in [0.15, 0.2) is 0 Å². The number of methoxy groups -OCH3 is 2. The Hall–Kier alpha value is -2.83. The van der Waals surface area contributed by atoms with Crippen molar-refractivity contribution in [1.29, 1.82) is 0 Å². The molecule has 2 fully saturated rings. The molecule has 0 aliphatic carbocycles. The zero-order valence-corrected chi connectivity index (χ0v) is 16.6. The van der Waals surface area contributed by atoms with E-state index in [-0.39, 0.29) is 12.6 Å². The topological polar surface area (TPSA) is 63.8 Å². The van der Waals surface area contributed by atoms with Gasteiger partial charge in [0.05, 0.1) is 32.4 Å². The lowest BCUT2D eigenvalue weighted by Gasteiger charge is -2.24. The van der Waals surface area contributed by atoms with Crippen LogP contribution in [-0.4, -0.2) is 41.8 Å². The smallest absolute Gasteiger partial charge is 0.223 e. The van der Waals surface area contributed by atoms with E-state index < -0.39 is 5.72 Å². The minimum atomic E-state index is -0.669. The second-order valence-corrected chi connectivity index (χ2v) is 7.55. The molecular formula is C23H24N2O4. The van der Waals surface area contributed by atoms with E-state index in [9.17, 15) is 5.11 Å². The summed E-state index contributed by atoms with van der Waals surface area (Å²) in [5.74, 6) is 2.00.